The Labute approximate surface area is 155 Å². The molecule has 0 radical (unpaired) electrons. The van der Waals surface area contributed by atoms with Crippen LogP contribution in [0.3, 0.4) is 0 Å². The van der Waals surface area contributed by atoms with E-state index in [4.69, 9.17) is 4.74 Å². The minimum Gasteiger partial charge on any atom is -0.467 e. The van der Waals surface area contributed by atoms with Crippen molar-refractivity contribution >= 4 is 17.2 Å². The molecule has 0 aliphatic carbocycles. The van der Waals surface area contributed by atoms with E-state index in [2.05, 4.69) is 29.5 Å². The van der Waals surface area contributed by atoms with Crippen LogP contribution in [0, 0.1) is 5.92 Å². The van der Waals surface area contributed by atoms with Crippen molar-refractivity contribution in [2.45, 2.75) is 65.5 Å². The number of carbonyl (C=O) groups excluding carboxylic acids is 1. The first kappa shape index (κ1) is 21.9. The van der Waals surface area contributed by atoms with E-state index >= 15 is 0 Å². The van der Waals surface area contributed by atoms with E-state index in [1.807, 2.05) is 20.8 Å². The fraction of sp³-hybridized carbons (Fsp3) is 0.778. The van der Waals surface area contributed by atoms with Crippen molar-refractivity contribution in [3.63, 3.8) is 0 Å². The van der Waals surface area contributed by atoms with E-state index in [1.54, 1.807) is 0 Å². The zero-order valence-corrected chi connectivity index (χ0v) is 16.9. The number of β-amino-alcohol motifs (C(OH)–C–C–N with tert-alkyl or cyclic N) is 1. The molecule has 0 fully saturated rings. The Morgan fingerprint density at radius 2 is 2.12 bits per heavy atom. The van der Waals surface area contributed by atoms with Gasteiger partial charge in [0, 0.05) is 18.6 Å². The largest absolute Gasteiger partial charge is 0.467 e. The summed E-state index contributed by atoms with van der Waals surface area (Å²) in [5, 5.41) is 16.4. The van der Waals surface area contributed by atoms with Crippen LogP contribution in [0.25, 0.3) is 0 Å². The third-order valence-corrected chi connectivity index (χ3v) is 4.59. The summed E-state index contributed by atoms with van der Waals surface area (Å²) in [4.78, 5) is 16.7. The first-order valence-corrected chi connectivity index (χ1v) is 9.82. The number of aliphatic hydroxyl groups excluding tert-OH is 1. The van der Waals surface area contributed by atoms with Gasteiger partial charge in [0.2, 0.25) is 0 Å². The normalized spacial score (nSPS) is 14.2. The molecular weight excluding hydrogens is 338 g/mol. The molecule has 7 heteroatoms. The Kier molecular flexibility index (Phi) is 9.38. The van der Waals surface area contributed by atoms with Gasteiger partial charge in [-0.15, -0.1) is 0 Å². The number of nitrogens with one attached hydrogen (secondary N) is 2. The molecule has 0 saturated heterocycles. The lowest BCUT2D eigenvalue weighted by Crippen LogP contribution is -2.42. The van der Waals surface area contributed by atoms with Gasteiger partial charge in [-0.25, -0.2) is 4.98 Å². The van der Waals surface area contributed by atoms with Gasteiger partial charge in [-0.3, -0.25) is 4.79 Å². The topological polar surface area (TPSA) is 83.5 Å². The fourth-order valence-electron chi connectivity index (χ4n) is 2.24. The third kappa shape index (κ3) is 9.77. The van der Waals surface area contributed by atoms with Gasteiger partial charge in [0.1, 0.15) is 17.6 Å². The van der Waals surface area contributed by atoms with Crippen LogP contribution in [-0.2, 0) is 0 Å². The Bertz CT molecular complexity index is 514. The summed E-state index contributed by atoms with van der Waals surface area (Å²) in [5.41, 5.74) is -0.0535. The zero-order chi connectivity index (χ0) is 18.9. The number of ether oxygens (including phenoxy) is 1. The quantitative estimate of drug-likeness (QED) is 0.557. The number of rotatable bonds is 11. The molecule has 1 aromatic heterocycles. The predicted molar refractivity (Wildman–Crippen MR) is 102 cm³/mol. The van der Waals surface area contributed by atoms with Crippen molar-refractivity contribution in [1.82, 2.24) is 15.6 Å². The second-order valence-electron chi connectivity index (χ2n) is 7.52. The molecule has 0 aromatic carbocycles. The average molecular weight is 372 g/mol. The van der Waals surface area contributed by atoms with Gasteiger partial charge in [-0.2, -0.15) is 0 Å². The van der Waals surface area contributed by atoms with Crippen molar-refractivity contribution in [3.8, 4) is 5.19 Å². The van der Waals surface area contributed by atoms with Gasteiger partial charge in [-0.05, 0) is 33.1 Å². The number of hydrogen-bond acceptors (Lipinski definition) is 6. The number of carbonyl (C=O) groups is 1. The van der Waals surface area contributed by atoms with Crippen LogP contribution in [0.5, 0.6) is 5.19 Å². The van der Waals surface area contributed by atoms with Crippen LogP contribution in [0.4, 0.5) is 0 Å². The smallest absolute Gasteiger partial charge is 0.273 e. The lowest BCUT2D eigenvalue weighted by atomic mass is 10.0. The standard InChI is InChI=1S/C18H33N3O3S/c1-6-7-13(2)8-9-19-16(23)15-11-20-17(25-15)24-12-14(22)10-21-18(3,4)5/h11,13-14,21-22H,6-10,12H2,1-5H3,(H,19,23). The van der Waals surface area contributed by atoms with Crippen LogP contribution < -0.4 is 15.4 Å². The molecule has 0 saturated carbocycles. The third-order valence-electron chi connectivity index (χ3n) is 3.68. The van der Waals surface area contributed by atoms with Crippen LogP contribution in [-0.4, -0.2) is 47.3 Å². The molecule has 1 rings (SSSR count). The summed E-state index contributed by atoms with van der Waals surface area (Å²) in [7, 11) is 0. The fourth-order valence-corrected chi connectivity index (χ4v) is 2.93. The van der Waals surface area contributed by atoms with E-state index in [-0.39, 0.29) is 18.1 Å². The van der Waals surface area contributed by atoms with E-state index in [0.29, 0.717) is 29.1 Å². The van der Waals surface area contributed by atoms with Gasteiger partial charge < -0.3 is 20.5 Å². The molecule has 144 valence electrons. The number of nitrogens with zero attached hydrogens (tertiary/aromatic N) is 1. The summed E-state index contributed by atoms with van der Waals surface area (Å²) in [6, 6.07) is 0. The highest BCUT2D eigenvalue weighted by atomic mass is 32.1. The number of thiazole rings is 1. The minimum absolute atomic E-state index is 0.0535. The summed E-state index contributed by atoms with van der Waals surface area (Å²) < 4.78 is 5.48. The first-order valence-electron chi connectivity index (χ1n) is 9.01. The number of aromatic nitrogens is 1. The molecule has 0 bridgehead atoms. The number of hydrogen-bond donors (Lipinski definition) is 3. The van der Waals surface area contributed by atoms with Crippen LogP contribution in [0.15, 0.2) is 6.20 Å². The molecule has 3 N–H and O–H groups in total. The first-order chi connectivity index (χ1) is 11.7. The molecule has 6 nitrogen and oxygen atoms in total. The predicted octanol–water partition coefficient (Wildman–Crippen LogP) is 2.83. The Balaban J connectivity index is 2.32. The van der Waals surface area contributed by atoms with E-state index in [9.17, 15) is 9.90 Å². The van der Waals surface area contributed by atoms with Crippen LogP contribution in [0.1, 0.15) is 63.6 Å². The molecule has 2 atom stereocenters. The summed E-state index contributed by atoms with van der Waals surface area (Å²) >= 11 is 1.20. The van der Waals surface area contributed by atoms with Crippen molar-refractivity contribution in [3.05, 3.63) is 11.1 Å². The zero-order valence-electron chi connectivity index (χ0n) is 16.1. The lowest BCUT2D eigenvalue weighted by molar-refractivity contribution is 0.0955. The van der Waals surface area contributed by atoms with Gasteiger partial charge in [0.15, 0.2) is 0 Å². The van der Waals surface area contributed by atoms with Crippen LogP contribution in [0.2, 0.25) is 0 Å². The maximum absolute atomic E-state index is 12.1. The minimum atomic E-state index is -0.625. The highest BCUT2D eigenvalue weighted by molar-refractivity contribution is 7.15. The second kappa shape index (κ2) is 10.7. The van der Waals surface area contributed by atoms with Gasteiger partial charge in [-0.1, -0.05) is 38.0 Å². The molecule has 25 heavy (non-hydrogen) atoms. The highest BCUT2D eigenvalue weighted by Gasteiger charge is 2.15. The van der Waals surface area contributed by atoms with Gasteiger partial charge in [0.25, 0.3) is 11.1 Å². The van der Waals surface area contributed by atoms with Gasteiger partial charge >= 0.3 is 0 Å². The molecule has 0 spiro atoms. The molecule has 1 heterocycles. The Morgan fingerprint density at radius 1 is 1.40 bits per heavy atom. The van der Waals surface area contributed by atoms with Crippen molar-refractivity contribution in [2.24, 2.45) is 5.92 Å². The molecule has 1 amide bonds. The van der Waals surface area contributed by atoms with Crippen molar-refractivity contribution < 1.29 is 14.6 Å². The number of aliphatic hydroxyl groups is 1. The molecule has 2 unspecified atom stereocenters. The van der Waals surface area contributed by atoms with E-state index in [1.165, 1.54) is 30.4 Å². The maximum atomic E-state index is 12.1. The average Bonchev–Trinajstić information content (AvgIpc) is 2.99. The SMILES string of the molecule is CCCC(C)CCNC(=O)c1cnc(OCC(O)CNC(C)(C)C)s1. The Hall–Kier alpha value is -1.18. The van der Waals surface area contributed by atoms with E-state index < -0.39 is 6.10 Å². The molecular formula is C18H33N3O3S. The van der Waals surface area contributed by atoms with Gasteiger partial charge in [0.05, 0.1) is 6.20 Å². The monoisotopic (exact) mass is 371 g/mol. The van der Waals surface area contributed by atoms with E-state index in [0.717, 1.165) is 6.42 Å². The molecule has 0 aliphatic heterocycles. The summed E-state index contributed by atoms with van der Waals surface area (Å²) in [5.74, 6) is 0.500. The maximum Gasteiger partial charge on any atom is 0.273 e. The summed E-state index contributed by atoms with van der Waals surface area (Å²) in [6.45, 7) is 11.7. The second-order valence-corrected chi connectivity index (χ2v) is 8.52. The molecule has 1 aromatic rings. The summed E-state index contributed by atoms with van der Waals surface area (Å²) in [6.07, 6.45) is 4.22. The van der Waals surface area contributed by atoms with Crippen molar-refractivity contribution in [2.75, 3.05) is 19.7 Å². The molecule has 0 aliphatic rings. The Morgan fingerprint density at radius 3 is 2.76 bits per heavy atom. The number of amides is 1. The highest BCUT2D eigenvalue weighted by Crippen LogP contribution is 2.20. The van der Waals surface area contributed by atoms with Crippen molar-refractivity contribution in [1.29, 1.82) is 0 Å². The van der Waals surface area contributed by atoms with Crippen LogP contribution >= 0.6 is 11.3 Å². The lowest BCUT2D eigenvalue weighted by Gasteiger charge is -2.22.